The van der Waals surface area contributed by atoms with E-state index in [-0.39, 0.29) is 13.2 Å². The maximum absolute atomic E-state index is 11.8. The predicted molar refractivity (Wildman–Crippen MR) is 101 cm³/mol. The van der Waals surface area contributed by atoms with Crippen molar-refractivity contribution in [2.75, 3.05) is 38.7 Å². The molecule has 1 unspecified atom stereocenters. The number of alkyl carbamates (subject to hydrolysis) is 2. The first kappa shape index (κ1) is 23.9. The van der Waals surface area contributed by atoms with Crippen LogP contribution in [0.25, 0.3) is 0 Å². The van der Waals surface area contributed by atoms with Crippen LogP contribution in [0.15, 0.2) is 0 Å². The molecule has 0 saturated carbocycles. The highest BCUT2D eigenvalue weighted by Crippen LogP contribution is 2.02. The number of hydrogen-bond donors (Lipinski definition) is 3. The fourth-order valence-electron chi connectivity index (χ4n) is 1.97. The fraction of sp³-hybridized carbons (Fsp3) is 0.882. The number of carbonyl (C=O) groups is 2. The molecule has 0 bridgehead atoms. The van der Waals surface area contributed by atoms with Crippen molar-refractivity contribution in [1.82, 2.24) is 10.6 Å². The third-order valence-corrected chi connectivity index (χ3v) is 3.61. The Hall–Kier alpha value is -1.15. The maximum atomic E-state index is 11.8. The van der Waals surface area contributed by atoms with E-state index in [2.05, 4.69) is 30.2 Å². The normalized spacial score (nSPS) is 11.6. The Kier molecular flexibility index (Phi) is 16.9. The van der Waals surface area contributed by atoms with Gasteiger partial charge in [0.2, 0.25) is 0 Å². The van der Waals surface area contributed by atoms with Gasteiger partial charge in [-0.15, -0.1) is 0 Å². The van der Waals surface area contributed by atoms with E-state index >= 15 is 0 Å². The highest BCUT2D eigenvalue weighted by molar-refractivity contribution is 7.80. The molecule has 0 aromatic heterocycles. The zero-order chi connectivity index (χ0) is 18.8. The fourth-order valence-corrected chi connectivity index (χ4v) is 2.10. The highest BCUT2D eigenvalue weighted by Gasteiger charge is 2.17. The Bertz CT molecular complexity index is 345. The molecule has 2 amide bonds. The van der Waals surface area contributed by atoms with Crippen molar-refractivity contribution in [3.63, 3.8) is 0 Å². The number of thiol groups is 1. The zero-order valence-electron chi connectivity index (χ0n) is 15.6. The largest absolute Gasteiger partial charge is 0.446 e. The molecule has 148 valence electrons. The van der Waals surface area contributed by atoms with Gasteiger partial charge >= 0.3 is 12.2 Å². The first-order valence-corrected chi connectivity index (χ1v) is 9.80. The van der Waals surface area contributed by atoms with Gasteiger partial charge in [-0.1, -0.05) is 32.6 Å². The van der Waals surface area contributed by atoms with Crippen molar-refractivity contribution in [3.05, 3.63) is 0 Å². The van der Waals surface area contributed by atoms with Crippen molar-refractivity contribution in [1.29, 1.82) is 0 Å². The molecule has 2 N–H and O–H groups in total. The standard InChI is InChI=1S/C17H34N2O5S/c1-3-5-6-7-8-10-19-17(21)24-15(13-22-11-9-12-25)14-23-16(20)18-4-2/h15,25H,3-14H2,1-2H3,(H,18,20)(H,19,21). The summed E-state index contributed by atoms with van der Waals surface area (Å²) in [6.07, 6.45) is 4.71. The molecule has 0 aliphatic rings. The van der Waals surface area contributed by atoms with Gasteiger partial charge in [0.05, 0.1) is 6.61 Å². The van der Waals surface area contributed by atoms with E-state index in [0.29, 0.717) is 19.7 Å². The molecule has 1 atom stereocenters. The van der Waals surface area contributed by atoms with Crippen molar-refractivity contribution in [3.8, 4) is 0 Å². The van der Waals surface area contributed by atoms with Crippen LogP contribution < -0.4 is 10.6 Å². The van der Waals surface area contributed by atoms with Crippen LogP contribution in [-0.4, -0.2) is 57.0 Å². The minimum atomic E-state index is -0.636. The van der Waals surface area contributed by atoms with Crippen LogP contribution in [0.1, 0.15) is 52.4 Å². The summed E-state index contributed by atoms with van der Waals surface area (Å²) in [5.41, 5.74) is 0. The maximum Gasteiger partial charge on any atom is 0.407 e. The average Bonchev–Trinajstić information content (AvgIpc) is 2.59. The number of carbonyl (C=O) groups excluding carboxylic acids is 2. The second-order valence-corrected chi connectivity index (χ2v) is 6.10. The minimum absolute atomic E-state index is 0.0450. The van der Waals surface area contributed by atoms with Crippen molar-refractivity contribution in [2.24, 2.45) is 0 Å². The molecule has 0 fully saturated rings. The third-order valence-electron chi connectivity index (χ3n) is 3.30. The summed E-state index contributed by atoms with van der Waals surface area (Å²) in [7, 11) is 0. The Labute approximate surface area is 156 Å². The first-order chi connectivity index (χ1) is 12.1. The van der Waals surface area contributed by atoms with Crippen molar-refractivity contribution in [2.45, 2.75) is 58.5 Å². The lowest BCUT2D eigenvalue weighted by atomic mass is 10.1. The van der Waals surface area contributed by atoms with Gasteiger partial charge in [-0.3, -0.25) is 0 Å². The van der Waals surface area contributed by atoms with Gasteiger partial charge in [-0.05, 0) is 25.5 Å². The predicted octanol–water partition coefficient (Wildman–Crippen LogP) is 3.13. The van der Waals surface area contributed by atoms with Gasteiger partial charge in [-0.25, -0.2) is 9.59 Å². The zero-order valence-corrected chi connectivity index (χ0v) is 16.4. The Morgan fingerprint density at radius 2 is 1.72 bits per heavy atom. The quantitative estimate of drug-likeness (QED) is 0.301. The molecule has 0 aromatic carbocycles. The summed E-state index contributed by atoms with van der Waals surface area (Å²) in [6.45, 7) is 5.66. The van der Waals surface area contributed by atoms with Crippen LogP contribution in [0.3, 0.4) is 0 Å². The molecule has 0 rings (SSSR count). The third kappa shape index (κ3) is 16.1. The lowest BCUT2D eigenvalue weighted by Gasteiger charge is -2.18. The van der Waals surface area contributed by atoms with E-state index in [4.69, 9.17) is 14.2 Å². The molecular weight excluding hydrogens is 344 g/mol. The van der Waals surface area contributed by atoms with Gasteiger partial charge in [0.1, 0.15) is 6.61 Å². The Morgan fingerprint density at radius 3 is 2.40 bits per heavy atom. The van der Waals surface area contributed by atoms with Crippen molar-refractivity contribution < 1.29 is 23.8 Å². The summed E-state index contributed by atoms with van der Waals surface area (Å²) in [6, 6.07) is 0. The summed E-state index contributed by atoms with van der Waals surface area (Å²) >= 11 is 4.11. The molecule has 0 aliphatic carbocycles. The average molecular weight is 379 g/mol. The SMILES string of the molecule is CCCCCCCNC(=O)OC(COCCCS)COC(=O)NCC. The minimum Gasteiger partial charge on any atom is -0.446 e. The number of ether oxygens (including phenoxy) is 3. The molecule has 25 heavy (non-hydrogen) atoms. The molecule has 0 heterocycles. The van der Waals surface area contributed by atoms with Gasteiger partial charge in [0.15, 0.2) is 6.10 Å². The van der Waals surface area contributed by atoms with Gasteiger partial charge in [0.25, 0.3) is 0 Å². The number of unbranched alkanes of at least 4 members (excludes halogenated alkanes) is 4. The molecule has 8 heteroatoms. The Morgan fingerprint density at radius 1 is 0.960 bits per heavy atom. The second-order valence-electron chi connectivity index (χ2n) is 5.65. The lowest BCUT2D eigenvalue weighted by Crippen LogP contribution is -2.36. The number of rotatable bonds is 15. The topological polar surface area (TPSA) is 85.9 Å². The molecule has 0 aromatic rings. The van der Waals surface area contributed by atoms with Gasteiger partial charge in [0, 0.05) is 19.7 Å². The summed E-state index contributed by atoms with van der Waals surface area (Å²) in [4.78, 5) is 23.2. The molecular formula is C17H34N2O5S. The first-order valence-electron chi connectivity index (χ1n) is 9.17. The van der Waals surface area contributed by atoms with Crippen LogP contribution >= 0.6 is 12.6 Å². The molecule has 7 nitrogen and oxygen atoms in total. The van der Waals surface area contributed by atoms with E-state index in [1.54, 1.807) is 6.92 Å². The van der Waals surface area contributed by atoms with Crippen LogP contribution in [-0.2, 0) is 14.2 Å². The van der Waals surface area contributed by atoms with Crippen LogP contribution in [0, 0.1) is 0 Å². The number of amides is 2. The smallest absolute Gasteiger partial charge is 0.407 e. The Balaban J connectivity index is 4.07. The lowest BCUT2D eigenvalue weighted by molar-refractivity contribution is -0.0113. The van der Waals surface area contributed by atoms with E-state index in [1.165, 1.54) is 19.3 Å². The molecule has 0 aliphatic heterocycles. The summed E-state index contributed by atoms with van der Waals surface area (Å²) in [5.74, 6) is 0.722. The van der Waals surface area contributed by atoms with Crippen LogP contribution in [0.2, 0.25) is 0 Å². The highest BCUT2D eigenvalue weighted by atomic mass is 32.1. The van der Waals surface area contributed by atoms with E-state index in [1.807, 2.05) is 0 Å². The number of hydrogen-bond acceptors (Lipinski definition) is 6. The van der Waals surface area contributed by atoms with E-state index in [9.17, 15) is 9.59 Å². The van der Waals surface area contributed by atoms with Crippen molar-refractivity contribution >= 4 is 24.8 Å². The van der Waals surface area contributed by atoms with Gasteiger partial charge < -0.3 is 24.8 Å². The van der Waals surface area contributed by atoms with Crippen LogP contribution in [0.5, 0.6) is 0 Å². The summed E-state index contributed by atoms with van der Waals surface area (Å²) < 4.78 is 15.7. The van der Waals surface area contributed by atoms with Gasteiger partial charge in [-0.2, -0.15) is 12.6 Å². The molecule has 0 spiro atoms. The van der Waals surface area contributed by atoms with E-state index in [0.717, 1.165) is 25.0 Å². The van der Waals surface area contributed by atoms with E-state index < -0.39 is 18.3 Å². The molecule has 0 saturated heterocycles. The van der Waals surface area contributed by atoms with Crippen LogP contribution in [0.4, 0.5) is 9.59 Å². The summed E-state index contributed by atoms with van der Waals surface area (Å²) in [5, 5.41) is 5.24. The monoisotopic (exact) mass is 378 g/mol. The second kappa shape index (κ2) is 17.7. The number of nitrogens with one attached hydrogen (secondary N) is 2. The molecule has 0 radical (unpaired) electrons.